The summed E-state index contributed by atoms with van der Waals surface area (Å²) in [5.74, 6) is -1.30. The van der Waals surface area contributed by atoms with Crippen LogP contribution in [0.2, 0.25) is 0 Å². The number of hydrogen-bond acceptors (Lipinski definition) is 8. The Morgan fingerprint density at radius 1 is 0.780 bits per heavy atom. The van der Waals surface area contributed by atoms with Crippen molar-refractivity contribution in [3.8, 4) is 11.3 Å². The van der Waals surface area contributed by atoms with Crippen LogP contribution in [0.3, 0.4) is 0 Å². The average molecular weight is 689 g/mol. The molecule has 0 fully saturated rings. The topological polar surface area (TPSA) is 162 Å². The van der Waals surface area contributed by atoms with Crippen molar-refractivity contribution < 1.29 is 29.0 Å². The number of pyridine rings is 1. The summed E-state index contributed by atoms with van der Waals surface area (Å²) >= 11 is 0. The van der Waals surface area contributed by atoms with E-state index in [2.05, 4.69) is 26.4 Å². The molecular weight excluding hydrogens is 636 g/mol. The summed E-state index contributed by atoms with van der Waals surface area (Å²) in [6, 6.07) is 20.1. The smallest absolute Gasteiger partial charge is 0.407 e. The Morgan fingerprint density at radius 3 is 1.92 bits per heavy atom. The van der Waals surface area contributed by atoms with E-state index >= 15 is 0 Å². The Bertz CT molecular complexity index is 1550. The number of methoxy groups -OCH3 is 1. The van der Waals surface area contributed by atoms with Gasteiger partial charge in [-0.25, -0.2) is 9.80 Å². The lowest BCUT2D eigenvalue weighted by Crippen LogP contribution is -2.60. The highest BCUT2D eigenvalue weighted by molar-refractivity contribution is 5.88. The van der Waals surface area contributed by atoms with Crippen molar-refractivity contribution in [2.24, 2.45) is 10.8 Å². The number of amides is 4. The van der Waals surface area contributed by atoms with Gasteiger partial charge in [0.15, 0.2) is 0 Å². The van der Waals surface area contributed by atoms with Gasteiger partial charge in [-0.05, 0) is 40.5 Å². The lowest BCUT2D eigenvalue weighted by atomic mass is 9.85. The van der Waals surface area contributed by atoms with Crippen LogP contribution in [0.15, 0.2) is 79.0 Å². The Labute approximate surface area is 295 Å². The number of aromatic nitrogens is 1. The molecule has 0 aliphatic heterocycles. The highest BCUT2D eigenvalue weighted by atomic mass is 16.5. The van der Waals surface area contributed by atoms with E-state index in [9.17, 15) is 24.3 Å². The molecule has 5 N–H and O–H groups in total. The first kappa shape index (κ1) is 39.6. The highest BCUT2D eigenvalue weighted by Crippen LogP contribution is 2.22. The van der Waals surface area contributed by atoms with Crippen LogP contribution in [-0.4, -0.2) is 76.8 Å². The van der Waals surface area contributed by atoms with Crippen LogP contribution < -0.4 is 21.4 Å². The quantitative estimate of drug-likeness (QED) is 0.159. The molecular formula is C38H52N6O6. The highest BCUT2D eigenvalue weighted by Gasteiger charge is 2.37. The molecule has 12 nitrogen and oxygen atoms in total. The van der Waals surface area contributed by atoms with E-state index in [0.717, 1.165) is 22.4 Å². The minimum Gasteiger partial charge on any atom is -0.453 e. The van der Waals surface area contributed by atoms with Gasteiger partial charge in [-0.3, -0.25) is 24.8 Å². The van der Waals surface area contributed by atoms with Crippen molar-refractivity contribution >= 4 is 23.8 Å². The predicted molar refractivity (Wildman–Crippen MR) is 192 cm³/mol. The van der Waals surface area contributed by atoms with Crippen LogP contribution in [-0.2, 0) is 32.1 Å². The number of carbonyl (C=O) groups is 4. The molecule has 0 spiro atoms. The molecule has 0 saturated heterocycles. The van der Waals surface area contributed by atoms with E-state index in [1.165, 1.54) is 14.0 Å². The number of nitrogens with one attached hydrogen (secondary N) is 4. The number of alkyl carbamates (subject to hydrolysis) is 1. The van der Waals surface area contributed by atoms with Crippen molar-refractivity contribution in [3.63, 3.8) is 0 Å². The fraction of sp³-hybridized carbons (Fsp3) is 0.447. The zero-order valence-electron chi connectivity index (χ0n) is 30.3. The SMILES string of the molecule is COC(=O)N[C@@H](C(=O)NN(Cc1ccc(-c2ccccn2)cc1)C[C@H](O)C(Cc1ccccc1)NC(=O)[C@@H](NC(C)=O)C(C)(C)C)C(C)(C)C. The third-order valence-corrected chi connectivity index (χ3v) is 8.11. The molecule has 1 unspecified atom stereocenters. The maximum Gasteiger partial charge on any atom is 0.407 e. The molecule has 0 radical (unpaired) electrons. The third kappa shape index (κ3) is 12.3. The van der Waals surface area contributed by atoms with Gasteiger partial charge in [-0.2, -0.15) is 0 Å². The monoisotopic (exact) mass is 688 g/mol. The van der Waals surface area contributed by atoms with E-state index < -0.39 is 53.0 Å². The molecule has 3 aromatic rings. The van der Waals surface area contributed by atoms with Crippen LogP contribution in [0.25, 0.3) is 11.3 Å². The normalized spacial score (nSPS) is 14.1. The molecule has 0 saturated carbocycles. The van der Waals surface area contributed by atoms with E-state index in [4.69, 9.17) is 4.74 Å². The number of benzene rings is 2. The van der Waals surface area contributed by atoms with Crippen molar-refractivity contribution in [1.82, 2.24) is 31.4 Å². The minimum atomic E-state index is -1.19. The number of hydrogen-bond donors (Lipinski definition) is 5. The van der Waals surface area contributed by atoms with Crippen molar-refractivity contribution in [3.05, 3.63) is 90.1 Å². The number of aliphatic hydroxyl groups is 1. The molecule has 50 heavy (non-hydrogen) atoms. The van der Waals surface area contributed by atoms with Crippen LogP contribution in [0.1, 0.15) is 59.6 Å². The Morgan fingerprint density at radius 2 is 1.38 bits per heavy atom. The largest absolute Gasteiger partial charge is 0.453 e. The Kier molecular flexibility index (Phi) is 14.0. The molecule has 2 aromatic carbocycles. The summed E-state index contributed by atoms with van der Waals surface area (Å²) in [7, 11) is 1.22. The van der Waals surface area contributed by atoms with Crippen LogP contribution >= 0.6 is 0 Å². The maximum absolute atomic E-state index is 13.8. The summed E-state index contributed by atoms with van der Waals surface area (Å²) in [4.78, 5) is 56.1. The van der Waals surface area contributed by atoms with E-state index in [1.807, 2.05) is 114 Å². The second-order valence-electron chi connectivity index (χ2n) is 14.6. The lowest BCUT2D eigenvalue weighted by Gasteiger charge is -2.35. The number of rotatable bonds is 14. The fourth-order valence-corrected chi connectivity index (χ4v) is 5.41. The fourth-order valence-electron chi connectivity index (χ4n) is 5.41. The minimum absolute atomic E-state index is 0.0963. The molecule has 1 heterocycles. The predicted octanol–water partition coefficient (Wildman–Crippen LogP) is 3.99. The van der Waals surface area contributed by atoms with Crippen LogP contribution in [0, 0.1) is 10.8 Å². The van der Waals surface area contributed by atoms with Gasteiger partial charge in [0, 0.05) is 31.8 Å². The van der Waals surface area contributed by atoms with E-state index in [-0.39, 0.29) is 25.4 Å². The van der Waals surface area contributed by atoms with Crippen molar-refractivity contribution in [1.29, 1.82) is 0 Å². The summed E-state index contributed by atoms with van der Waals surface area (Å²) < 4.78 is 4.78. The molecule has 270 valence electrons. The molecule has 12 heteroatoms. The molecule has 4 atom stereocenters. The first-order valence-electron chi connectivity index (χ1n) is 16.7. The first-order valence-corrected chi connectivity index (χ1v) is 16.7. The standard InChI is InChI=1S/C38H52N6O6/c1-25(45)40-32(37(2,3)4)34(47)41-30(22-26-14-10-9-11-15-26)31(46)24-44(43-35(48)33(38(5,6)7)42-36(49)50-8)23-27-17-19-28(20-18-27)29-16-12-13-21-39-29/h9-21,30-33,46H,22-24H2,1-8H3,(H,40,45)(H,41,47)(H,42,49)(H,43,48)/t30?,31-,32+,33-/m0/s1. The van der Waals surface area contributed by atoms with Crippen molar-refractivity contribution in [2.45, 2.75) is 85.7 Å². The number of carbonyl (C=O) groups excluding carboxylic acids is 4. The maximum atomic E-state index is 13.8. The summed E-state index contributed by atoms with van der Waals surface area (Å²) in [6.45, 7) is 12.4. The second-order valence-corrected chi connectivity index (χ2v) is 14.6. The third-order valence-electron chi connectivity index (χ3n) is 8.11. The van der Waals surface area contributed by atoms with Crippen LogP contribution in [0.5, 0.6) is 0 Å². The molecule has 0 bridgehead atoms. The summed E-state index contributed by atoms with van der Waals surface area (Å²) in [6.07, 6.45) is 0.0574. The number of ether oxygens (including phenoxy) is 1. The van der Waals surface area contributed by atoms with Gasteiger partial charge in [0.25, 0.3) is 5.91 Å². The van der Waals surface area contributed by atoms with Crippen molar-refractivity contribution in [2.75, 3.05) is 13.7 Å². The number of hydrazine groups is 1. The average Bonchev–Trinajstić information content (AvgIpc) is 3.05. The van der Waals surface area contributed by atoms with Gasteiger partial charge in [0.2, 0.25) is 11.8 Å². The van der Waals surface area contributed by atoms with Gasteiger partial charge in [0.1, 0.15) is 12.1 Å². The Balaban J connectivity index is 1.95. The summed E-state index contributed by atoms with van der Waals surface area (Å²) in [5, 5.41) is 21.7. The van der Waals surface area contributed by atoms with Gasteiger partial charge < -0.3 is 25.8 Å². The molecule has 3 rings (SSSR count). The number of aliphatic hydroxyl groups excluding tert-OH is 1. The Hall–Kier alpha value is -4.81. The van der Waals surface area contributed by atoms with Gasteiger partial charge >= 0.3 is 6.09 Å². The number of nitrogens with zero attached hydrogens (tertiary/aromatic N) is 2. The summed E-state index contributed by atoms with van der Waals surface area (Å²) in [5.41, 5.74) is 5.03. The van der Waals surface area contributed by atoms with Gasteiger partial charge in [-0.1, -0.05) is 102 Å². The zero-order chi connectivity index (χ0) is 37.1. The van der Waals surface area contributed by atoms with Crippen LogP contribution in [0.4, 0.5) is 4.79 Å². The van der Waals surface area contributed by atoms with Gasteiger partial charge in [0.05, 0.1) is 24.9 Å². The molecule has 0 aliphatic carbocycles. The molecule has 4 amide bonds. The zero-order valence-corrected chi connectivity index (χ0v) is 30.3. The van der Waals surface area contributed by atoms with Gasteiger partial charge in [-0.15, -0.1) is 0 Å². The van der Waals surface area contributed by atoms with E-state index in [1.54, 1.807) is 11.2 Å². The second kappa shape index (κ2) is 17.7. The molecule has 1 aromatic heterocycles. The first-order chi connectivity index (χ1) is 23.5. The molecule has 0 aliphatic rings. The lowest BCUT2D eigenvalue weighted by molar-refractivity contribution is -0.133. The van der Waals surface area contributed by atoms with E-state index in [0.29, 0.717) is 0 Å².